The number of hydrogen-bond donors (Lipinski definition) is 0. The summed E-state index contributed by atoms with van der Waals surface area (Å²) >= 11 is 0. The zero-order chi connectivity index (χ0) is 21.9. The highest BCUT2D eigenvalue weighted by atomic mass is 16.5. The summed E-state index contributed by atoms with van der Waals surface area (Å²) in [6.07, 6.45) is 2.95. The number of carbonyl (C=O) groups is 3. The Hall–Kier alpha value is -2.57. The minimum absolute atomic E-state index is 0.0117. The minimum atomic E-state index is -0.244. The molecule has 1 atom stereocenters. The molecule has 0 radical (unpaired) electrons. The summed E-state index contributed by atoms with van der Waals surface area (Å²) in [7, 11) is 1.61. The van der Waals surface area contributed by atoms with Gasteiger partial charge in [-0.25, -0.2) is 0 Å². The molecule has 2 rings (SSSR count). The van der Waals surface area contributed by atoms with Crippen molar-refractivity contribution < 1.29 is 23.9 Å². The summed E-state index contributed by atoms with van der Waals surface area (Å²) in [6.45, 7) is 6.23. The topological polar surface area (TPSA) is 76.2 Å². The van der Waals surface area contributed by atoms with Crippen molar-refractivity contribution in [1.82, 2.24) is 9.80 Å². The van der Waals surface area contributed by atoms with E-state index < -0.39 is 0 Å². The number of ether oxygens (including phenoxy) is 2. The highest BCUT2D eigenvalue weighted by Gasteiger charge is 2.29. The highest BCUT2D eigenvalue weighted by Crippen LogP contribution is 2.19. The van der Waals surface area contributed by atoms with Crippen LogP contribution >= 0.6 is 0 Å². The zero-order valence-corrected chi connectivity index (χ0v) is 18.4. The van der Waals surface area contributed by atoms with Gasteiger partial charge >= 0.3 is 5.97 Å². The Morgan fingerprint density at radius 2 is 1.87 bits per heavy atom. The number of benzene rings is 1. The fourth-order valence-corrected chi connectivity index (χ4v) is 3.71. The van der Waals surface area contributed by atoms with Crippen LogP contribution in [0, 0.1) is 5.92 Å². The van der Waals surface area contributed by atoms with E-state index in [1.165, 1.54) is 0 Å². The number of hydrogen-bond acceptors (Lipinski definition) is 5. The number of esters is 1. The molecule has 1 saturated heterocycles. The normalized spacial score (nSPS) is 16.1. The molecule has 1 aromatic rings. The van der Waals surface area contributed by atoms with Crippen LogP contribution in [0.4, 0.5) is 0 Å². The lowest BCUT2D eigenvalue weighted by molar-refractivity contribution is -0.151. The number of likely N-dealkylation sites (tertiary alicyclic amines) is 1. The van der Waals surface area contributed by atoms with Gasteiger partial charge in [-0.05, 0) is 43.9 Å². The van der Waals surface area contributed by atoms with Crippen LogP contribution in [0.15, 0.2) is 24.3 Å². The molecular formula is C23H34N2O5. The first-order valence-corrected chi connectivity index (χ1v) is 10.8. The Labute approximate surface area is 179 Å². The van der Waals surface area contributed by atoms with Crippen LogP contribution in [0.1, 0.15) is 45.1 Å². The predicted molar refractivity (Wildman–Crippen MR) is 114 cm³/mol. The lowest BCUT2D eigenvalue weighted by Crippen LogP contribution is -2.44. The maximum Gasteiger partial charge on any atom is 0.310 e. The van der Waals surface area contributed by atoms with E-state index in [-0.39, 0.29) is 30.1 Å². The molecule has 1 aromatic carbocycles. The molecule has 0 N–H and O–H groups in total. The SMILES string of the molecule is CCCN(CCC(=O)N1CCCC(C(=O)OCC)C1)C(=O)Cc1ccc(OC)cc1. The van der Waals surface area contributed by atoms with E-state index in [4.69, 9.17) is 9.47 Å². The summed E-state index contributed by atoms with van der Waals surface area (Å²) in [5.74, 6) is 0.286. The van der Waals surface area contributed by atoms with Crippen molar-refractivity contribution in [2.75, 3.05) is 39.9 Å². The molecule has 0 spiro atoms. The molecule has 166 valence electrons. The van der Waals surface area contributed by atoms with Gasteiger partial charge in [0.2, 0.25) is 11.8 Å². The smallest absolute Gasteiger partial charge is 0.310 e. The van der Waals surface area contributed by atoms with Crippen LogP contribution in [0.2, 0.25) is 0 Å². The largest absolute Gasteiger partial charge is 0.497 e. The number of piperidine rings is 1. The Bertz CT molecular complexity index is 704. The van der Waals surface area contributed by atoms with E-state index in [1.807, 2.05) is 31.2 Å². The number of nitrogens with zero attached hydrogens (tertiary/aromatic N) is 2. The molecule has 1 aliphatic heterocycles. The fourth-order valence-electron chi connectivity index (χ4n) is 3.71. The summed E-state index contributed by atoms with van der Waals surface area (Å²) in [5, 5.41) is 0. The summed E-state index contributed by atoms with van der Waals surface area (Å²) < 4.78 is 10.3. The number of carbonyl (C=O) groups excluding carboxylic acids is 3. The first kappa shape index (κ1) is 23.7. The van der Waals surface area contributed by atoms with Crippen LogP contribution in [0.3, 0.4) is 0 Å². The van der Waals surface area contributed by atoms with Crippen molar-refractivity contribution in [1.29, 1.82) is 0 Å². The van der Waals surface area contributed by atoms with Crippen LogP contribution in [-0.4, -0.2) is 67.5 Å². The summed E-state index contributed by atoms with van der Waals surface area (Å²) in [6, 6.07) is 7.45. The molecule has 2 amide bonds. The standard InChI is InChI=1S/C23H34N2O5/c1-4-13-24(22(27)16-18-8-10-20(29-3)11-9-18)15-12-21(26)25-14-6-7-19(17-25)23(28)30-5-2/h8-11,19H,4-7,12-17H2,1-3H3. The first-order chi connectivity index (χ1) is 14.5. The van der Waals surface area contributed by atoms with Crippen molar-refractivity contribution in [3.8, 4) is 5.75 Å². The van der Waals surface area contributed by atoms with E-state index in [9.17, 15) is 14.4 Å². The molecule has 0 bridgehead atoms. The van der Waals surface area contributed by atoms with Gasteiger partial charge in [0, 0.05) is 32.6 Å². The van der Waals surface area contributed by atoms with Gasteiger partial charge in [-0.1, -0.05) is 19.1 Å². The van der Waals surface area contributed by atoms with Gasteiger partial charge in [-0.2, -0.15) is 0 Å². The second-order valence-electron chi connectivity index (χ2n) is 7.59. The minimum Gasteiger partial charge on any atom is -0.497 e. The summed E-state index contributed by atoms with van der Waals surface area (Å²) in [4.78, 5) is 41.0. The maximum absolute atomic E-state index is 12.8. The molecule has 0 aliphatic carbocycles. The Balaban J connectivity index is 1.88. The van der Waals surface area contributed by atoms with Crippen LogP contribution in [0.5, 0.6) is 5.75 Å². The monoisotopic (exact) mass is 418 g/mol. The van der Waals surface area contributed by atoms with E-state index in [0.29, 0.717) is 39.2 Å². The highest BCUT2D eigenvalue weighted by molar-refractivity contribution is 5.81. The third-order valence-electron chi connectivity index (χ3n) is 5.35. The van der Waals surface area contributed by atoms with Crippen LogP contribution in [-0.2, 0) is 25.5 Å². The second kappa shape index (κ2) is 12.2. The van der Waals surface area contributed by atoms with E-state index in [0.717, 1.165) is 30.6 Å². The average Bonchev–Trinajstić information content (AvgIpc) is 2.77. The average molecular weight is 419 g/mol. The molecule has 0 aromatic heterocycles. The molecule has 1 aliphatic rings. The van der Waals surface area contributed by atoms with Gasteiger partial charge in [-0.15, -0.1) is 0 Å². The van der Waals surface area contributed by atoms with Crippen LogP contribution in [0.25, 0.3) is 0 Å². The molecular weight excluding hydrogens is 384 g/mol. The van der Waals surface area contributed by atoms with Gasteiger partial charge in [0.05, 0.1) is 26.1 Å². The third kappa shape index (κ3) is 7.04. The van der Waals surface area contributed by atoms with Gasteiger partial charge in [0.25, 0.3) is 0 Å². The van der Waals surface area contributed by atoms with E-state index >= 15 is 0 Å². The van der Waals surface area contributed by atoms with Crippen molar-refractivity contribution >= 4 is 17.8 Å². The molecule has 30 heavy (non-hydrogen) atoms. The lowest BCUT2D eigenvalue weighted by atomic mass is 9.98. The third-order valence-corrected chi connectivity index (χ3v) is 5.35. The zero-order valence-electron chi connectivity index (χ0n) is 18.4. The van der Waals surface area contributed by atoms with Crippen LogP contribution < -0.4 is 4.74 Å². The Morgan fingerprint density at radius 3 is 2.50 bits per heavy atom. The van der Waals surface area contributed by atoms with Gasteiger partial charge in [0.15, 0.2) is 0 Å². The Kier molecular flexibility index (Phi) is 9.64. The van der Waals surface area contributed by atoms with E-state index in [2.05, 4.69) is 0 Å². The number of rotatable bonds is 10. The quantitative estimate of drug-likeness (QED) is 0.546. The van der Waals surface area contributed by atoms with E-state index in [1.54, 1.807) is 23.8 Å². The second-order valence-corrected chi connectivity index (χ2v) is 7.59. The Morgan fingerprint density at radius 1 is 1.13 bits per heavy atom. The first-order valence-electron chi connectivity index (χ1n) is 10.8. The van der Waals surface area contributed by atoms with Crippen molar-refractivity contribution in [3.63, 3.8) is 0 Å². The van der Waals surface area contributed by atoms with Crippen molar-refractivity contribution in [3.05, 3.63) is 29.8 Å². The molecule has 1 heterocycles. The van der Waals surface area contributed by atoms with Crippen molar-refractivity contribution in [2.24, 2.45) is 5.92 Å². The van der Waals surface area contributed by atoms with Gasteiger partial charge < -0.3 is 19.3 Å². The van der Waals surface area contributed by atoms with Crippen molar-refractivity contribution in [2.45, 2.75) is 46.0 Å². The number of methoxy groups -OCH3 is 1. The molecule has 7 nitrogen and oxygen atoms in total. The lowest BCUT2D eigenvalue weighted by Gasteiger charge is -2.32. The summed E-state index contributed by atoms with van der Waals surface area (Å²) in [5.41, 5.74) is 0.918. The van der Waals surface area contributed by atoms with Gasteiger partial charge in [-0.3, -0.25) is 14.4 Å². The fraction of sp³-hybridized carbons (Fsp3) is 0.609. The molecule has 7 heteroatoms. The molecule has 1 fully saturated rings. The molecule has 0 saturated carbocycles. The molecule has 1 unspecified atom stereocenters. The maximum atomic E-state index is 12.8. The number of amides is 2. The van der Waals surface area contributed by atoms with Gasteiger partial charge in [0.1, 0.15) is 5.75 Å². The predicted octanol–water partition coefficient (Wildman–Crippen LogP) is 2.67.